The molecule has 1 aromatic heterocycles. The first-order chi connectivity index (χ1) is 9.63. The van der Waals surface area contributed by atoms with Crippen molar-refractivity contribution in [2.75, 3.05) is 5.32 Å². The molecule has 0 aliphatic heterocycles. The summed E-state index contributed by atoms with van der Waals surface area (Å²) in [6.07, 6.45) is 0. The second-order valence-corrected chi connectivity index (χ2v) is 5.56. The Hall–Kier alpha value is -2.11. The van der Waals surface area contributed by atoms with Gasteiger partial charge in [0.1, 0.15) is 5.52 Å². The van der Waals surface area contributed by atoms with Gasteiger partial charge in [-0.1, -0.05) is 41.1 Å². The lowest BCUT2D eigenvalue weighted by Crippen LogP contribution is -1.95. The first-order valence-electron chi connectivity index (χ1n) is 5.79. The Kier molecular flexibility index (Phi) is 3.30. The largest absolute Gasteiger partial charge is 0.478 e. The lowest BCUT2D eigenvalue weighted by atomic mass is 10.2. The van der Waals surface area contributed by atoms with Gasteiger partial charge in [-0.25, -0.2) is 9.78 Å². The van der Waals surface area contributed by atoms with E-state index in [1.54, 1.807) is 6.07 Å². The second-order valence-electron chi connectivity index (χ2n) is 4.12. The maximum atomic E-state index is 11.0. The highest BCUT2D eigenvalue weighted by molar-refractivity contribution is 7.22. The number of nitrogens with zero attached hydrogens (tertiary/aromatic N) is 1. The minimum atomic E-state index is -1.00. The summed E-state index contributed by atoms with van der Waals surface area (Å²) >= 11 is 7.44. The summed E-state index contributed by atoms with van der Waals surface area (Å²) in [5, 5.41) is 13.2. The molecule has 1 heterocycles. The molecule has 0 fully saturated rings. The van der Waals surface area contributed by atoms with Crippen molar-refractivity contribution in [3.63, 3.8) is 0 Å². The van der Waals surface area contributed by atoms with Gasteiger partial charge in [-0.2, -0.15) is 0 Å². The van der Waals surface area contributed by atoms with Crippen LogP contribution in [0.25, 0.3) is 10.2 Å². The van der Waals surface area contributed by atoms with E-state index in [1.165, 1.54) is 17.4 Å². The Labute approximate surface area is 123 Å². The lowest BCUT2D eigenvalue weighted by Gasteiger charge is -1.99. The van der Waals surface area contributed by atoms with Gasteiger partial charge >= 0.3 is 5.97 Å². The van der Waals surface area contributed by atoms with Gasteiger partial charge in [0, 0.05) is 5.69 Å². The molecule has 3 aromatic rings. The van der Waals surface area contributed by atoms with Crippen molar-refractivity contribution in [2.45, 2.75) is 0 Å². The molecule has 6 heteroatoms. The van der Waals surface area contributed by atoms with Crippen LogP contribution in [0.5, 0.6) is 0 Å². The van der Waals surface area contributed by atoms with Crippen LogP contribution in [0.3, 0.4) is 0 Å². The molecule has 20 heavy (non-hydrogen) atoms. The van der Waals surface area contributed by atoms with Gasteiger partial charge in [0.2, 0.25) is 0 Å². The van der Waals surface area contributed by atoms with E-state index in [0.29, 0.717) is 15.7 Å². The van der Waals surface area contributed by atoms with E-state index in [-0.39, 0.29) is 5.56 Å². The molecule has 0 aliphatic carbocycles. The van der Waals surface area contributed by atoms with E-state index in [2.05, 4.69) is 10.3 Å². The monoisotopic (exact) mass is 304 g/mol. The summed E-state index contributed by atoms with van der Waals surface area (Å²) in [7, 11) is 0. The third-order valence-electron chi connectivity index (χ3n) is 2.72. The van der Waals surface area contributed by atoms with Crippen molar-refractivity contribution in [3.8, 4) is 0 Å². The number of nitrogens with one attached hydrogen (secondary N) is 1. The number of aromatic nitrogens is 1. The van der Waals surface area contributed by atoms with Gasteiger partial charge in [0.05, 0.1) is 15.3 Å². The van der Waals surface area contributed by atoms with Crippen LogP contribution in [0.2, 0.25) is 5.02 Å². The van der Waals surface area contributed by atoms with Gasteiger partial charge in [0.25, 0.3) is 0 Å². The number of halogens is 1. The molecule has 0 amide bonds. The molecule has 2 N–H and O–H groups in total. The molecule has 3 rings (SSSR count). The number of rotatable bonds is 3. The number of hydrogen-bond acceptors (Lipinski definition) is 4. The Morgan fingerprint density at radius 2 is 2.00 bits per heavy atom. The molecule has 0 saturated carbocycles. The average Bonchev–Trinajstić information content (AvgIpc) is 2.83. The Morgan fingerprint density at radius 3 is 2.70 bits per heavy atom. The maximum Gasteiger partial charge on any atom is 0.335 e. The third kappa shape index (κ3) is 2.45. The molecule has 2 aromatic carbocycles. The predicted molar refractivity (Wildman–Crippen MR) is 81.3 cm³/mol. The van der Waals surface area contributed by atoms with Gasteiger partial charge in [-0.15, -0.1) is 0 Å². The van der Waals surface area contributed by atoms with Crippen LogP contribution in [-0.2, 0) is 0 Å². The Morgan fingerprint density at radius 1 is 1.25 bits per heavy atom. The van der Waals surface area contributed by atoms with Gasteiger partial charge in [0.15, 0.2) is 5.13 Å². The highest BCUT2D eigenvalue weighted by Crippen LogP contribution is 2.33. The van der Waals surface area contributed by atoms with Crippen molar-refractivity contribution in [3.05, 3.63) is 53.1 Å². The highest BCUT2D eigenvalue weighted by atomic mass is 35.5. The number of aromatic carboxylic acids is 1. The summed E-state index contributed by atoms with van der Waals surface area (Å²) in [6.45, 7) is 0. The summed E-state index contributed by atoms with van der Waals surface area (Å²) in [5.74, 6) is -1.00. The summed E-state index contributed by atoms with van der Waals surface area (Å²) in [4.78, 5) is 15.4. The molecule has 100 valence electrons. The van der Waals surface area contributed by atoms with E-state index in [1.807, 2.05) is 30.3 Å². The summed E-state index contributed by atoms with van der Waals surface area (Å²) in [5.41, 5.74) is 1.69. The molecule has 0 saturated heterocycles. The van der Waals surface area contributed by atoms with Crippen LogP contribution in [-0.4, -0.2) is 16.1 Å². The molecular weight excluding hydrogens is 296 g/mol. The number of fused-ring (bicyclic) bond motifs is 1. The van der Waals surface area contributed by atoms with Crippen LogP contribution in [0.4, 0.5) is 10.8 Å². The van der Waals surface area contributed by atoms with Crippen LogP contribution < -0.4 is 5.32 Å². The van der Waals surface area contributed by atoms with Gasteiger partial charge in [-0.3, -0.25) is 0 Å². The number of para-hydroxylation sites is 1. The fourth-order valence-corrected chi connectivity index (χ4v) is 3.08. The van der Waals surface area contributed by atoms with E-state index in [4.69, 9.17) is 16.7 Å². The predicted octanol–water partition coefficient (Wildman–Crippen LogP) is 4.39. The fourth-order valence-electron chi connectivity index (χ4n) is 1.81. The molecule has 0 aliphatic rings. The molecule has 0 radical (unpaired) electrons. The van der Waals surface area contributed by atoms with E-state index < -0.39 is 5.97 Å². The SMILES string of the molecule is O=C(O)c1cc(Cl)c2nc(Nc3ccccc3)sc2c1. The van der Waals surface area contributed by atoms with Crippen molar-refractivity contribution in [2.24, 2.45) is 0 Å². The van der Waals surface area contributed by atoms with E-state index in [0.717, 1.165) is 10.4 Å². The molecule has 0 unspecified atom stereocenters. The van der Waals surface area contributed by atoms with Crippen molar-refractivity contribution >= 4 is 49.9 Å². The van der Waals surface area contributed by atoms with Crippen LogP contribution in [0.15, 0.2) is 42.5 Å². The third-order valence-corrected chi connectivity index (χ3v) is 3.93. The average molecular weight is 305 g/mol. The van der Waals surface area contributed by atoms with Crippen molar-refractivity contribution in [1.82, 2.24) is 4.98 Å². The summed E-state index contributed by atoms with van der Waals surface area (Å²) < 4.78 is 0.744. The van der Waals surface area contributed by atoms with Crippen LogP contribution in [0.1, 0.15) is 10.4 Å². The number of benzene rings is 2. The number of thiazole rings is 1. The fraction of sp³-hybridized carbons (Fsp3) is 0. The highest BCUT2D eigenvalue weighted by Gasteiger charge is 2.12. The quantitative estimate of drug-likeness (QED) is 0.753. The zero-order valence-corrected chi connectivity index (χ0v) is 11.7. The maximum absolute atomic E-state index is 11.0. The van der Waals surface area contributed by atoms with Crippen molar-refractivity contribution < 1.29 is 9.90 Å². The zero-order chi connectivity index (χ0) is 14.1. The lowest BCUT2D eigenvalue weighted by molar-refractivity contribution is 0.0697. The Balaban J connectivity index is 2.02. The minimum absolute atomic E-state index is 0.164. The van der Waals surface area contributed by atoms with Crippen LogP contribution in [0, 0.1) is 0 Å². The standard InChI is InChI=1S/C14H9ClN2O2S/c15-10-6-8(13(18)19)7-11-12(10)17-14(20-11)16-9-4-2-1-3-5-9/h1-7H,(H,16,17)(H,18,19). The molecule has 0 spiro atoms. The van der Waals surface area contributed by atoms with Crippen molar-refractivity contribution in [1.29, 1.82) is 0 Å². The second kappa shape index (κ2) is 5.11. The molecule has 0 bridgehead atoms. The molecular formula is C14H9ClN2O2S. The number of anilines is 2. The minimum Gasteiger partial charge on any atom is -0.478 e. The topological polar surface area (TPSA) is 62.2 Å². The number of carboxylic acid groups (broad SMARTS) is 1. The smallest absolute Gasteiger partial charge is 0.335 e. The number of carboxylic acids is 1. The first kappa shape index (κ1) is 12.9. The summed E-state index contributed by atoms with van der Waals surface area (Å²) in [6, 6.07) is 12.6. The van der Waals surface area contributed by atoms with Gasteiger partial charge < -0.3 is 10.4 Å². The molecule has 0 atom stereocenters. The number of carbonyl (C=O) groups is 1. The van der Waals surface area contributed by atoms with Crippen LogP contribution >= 0.6 is 22.9 Å². The molecule has 4 nitrogen and oxygen atoms in total. The normalized spacial score (nSPS) is 10.7. The Bertz CT molecular complexity index is 786. The van der Waals surface area contributed by atoms with E-state index in [9.17, 15) is 4.79 Å². The number of hydrogen-bond donors (Lipinski definition) is 2. The van der Waals surface area contributed by atoms with Gasteiger partial charge in [-0.05, 0) is 24.3 Å². The first-order valence-corrected chi connectivity index (χ1v) is 6.98. The van der Waals surface area contributed by atoms with E-state index >= 15 is 0 Å². The zero-order valence-electron chi connectivity index (χ0n) is 10.1.